The van der Waals surface area contributed by atoms with E-state index in [1.807, 2.05) is 6.20 Å². The first kappa shape index (κ1) is 55.4. The first-order chi connectivity index (χ1) is 35.3. The minimum atomic E-state index is -0.727. The van der Waals surface area contributed by atoms with Crippen molar-refractivity contribution in [3.05, 3.63) is 180 Å². The summed E-state index contributed by atoms with van der Waals surface area (Å²) in [5, 5.41) is 1.67. The van der Waals surface area contributed by atoms with E-state index in [-0.39, 0.29) is 47.9 Å². The van der Waals surface area contributed by atoms with Gasteiger partial charge in [-0.15, -0.1) is 28.9 Å². The summed E-state index contributed by atoms with van der Waals surface area (Å²) < 4.78 is 29.3. The molecule has 4 heterocycles. The zero-order valence-corrected chi connectivity index (χ0v) is 49.4. The maximum Gasteiger partial charge on any atom is 0.468 e. The van der Waals surface area contributed by atoms with Crippen LogP contribution in [0.25, 0.3) is 38.8 Å². The Morgan fingerprint density at radius 1 is 0.553 bits per heavy atom. The number of rotatable bonds is 9. The van der Waals surface area contributed by atoms with E-state index in [1.54, 1.807) is 0 Å². The molecule has 8 aromatic rings. The van der Waals surface area contributed by atoms with Crippen LogP contribution in [0.3, 0.4) is 0 Å². The molecular weight excluding hydrogens is 1120 g/mol. The standard InChI is InChI=1S/C64H72B3N4O4.Pt/c1-60(2,3)46-32-33-68-58(39-46)71-54-27-17-16-24-51(54)52-31-30-44(35-57(52)71)41-72-40-43-22-20-23-49(34-43)69-42-70(56-29-19-18-28-55(56)69)59-50(45-36-47(61(4,5)6)38-48(37-45)62(7,8)9)25-21-26-53(59)65-73-66(63(10,11)12)75-67(74-65)64(13,14)15;/h16-33,36-39,42H,40-41H2,1-15H3;/q-3;. The van der Waals surface area contributed by atoms with Crippen LogP contribution < -0.4 is 15.3 Å². The van der Waals surface area contributed by atoms with Crippen molar-refractivity contribution in [1.82, 2.24) is 9.55 Å². The molecular formula is C64H72B3N4O4Pt-3. The topological polar surface area (TPSA) is 61.2 Å². The molecule has 0 N–H and O–H groups in total. The van der Waals surface area contributed by atoms with E-state index in [9.17, 15) is 0 Å². The number of aromatic nitrogens is 2. The van der Waals surface area contributed by atoms with E-state index in [0.29, 0.717) is 13.2 Å². The first-order valence-corrected chi connectivity index (χ1v) is 26.6. The van der Waals surface area contributed by atoms with Crippen molar-refractivity contribution >= 4 is 71.4 Å². The number of hydrogen-bond donors (Lipinski definition) is 0. The monoisotopic (exact) mass is 1190 g/mol. The van der Waals surface area contributed by atoms with Crippen LogP contribution in [0.4, 0.5) is 22.7 Å². The third-order valence-electron chi connectivity index (χ3n) is 14.4. The molecule has 2 aliphatic heterocycles. The van der Waals surface area contributed by atoms with Crippen LogP contribution in [0, 0.1) is 18.8 Å². The third-order valence-corrected chi connectivity index (χ3v) is 14.4. The Bertz CT molecular complexity index is 3360. The number of pyridine rings is 1. The Labute approximate surface area is 468 Å². The average Bonchev–Trinajstić information content (AvgIpc) is 3.91. The van der Waals surface area contributed by atoms with E-state index in [0.717, 1.165) is 72.7 Å². The number of fused-ring (bicyclic) bond motifs is 4. The molecule has 1 fully saturated rings. The smallest absolute Gasteiger partial charge is 0.468 e. The van der Waals surface area contributed by atoms with Gasteiger partial charge in [-0.2, -0.15) is 42.5 Å². The van der Waals surface area contributed by atoms with Gasteiger partial charge in [0.1, 0.15) is 5.82 Å². The molecule has 1 saturated heterocycles. The summed E-state index contributed by atoms with van der Waals surface area (Å²) in [4.78, 5) is 9.42. The molecule has 394 valence electrons. The minimum Gasteiger partial charge on any atom is -0.493 e. The number of anilines is 4. The van der Waals surface area contributed by atoms with Gasteiger partial charge < -0.3 is 32.8 Å². The summed E-state index contributed by atoms with van der Waals surface area (Å²) in [7, 11) is -1.75. The van der Waals surface area contributed by atoms with Gasteiger partial charge in [0, 0.05) is 74.1 Å². The maximum absolute atomic E-state index is 6.95. The molecule has 10 rings (SSSR count). The van der Waals surface area contributed by atoms with Gasteiger partial charge in [-0.05, 0) is 84.8 Å². The summed E-state index contributed by atoms with van der Waals surface area (Å²) in [6.07, 6.45) is 1.91. The van der Waals surface area contributed by atoms with E-state index in [1.165, 1.54) is 22.1 Å². The SMILES string of the molecule is CC(C)(C)B1OB(c2cccc(-c3cc(C(C)(C)C)cc(C(C)(C)C)c3)c2N2[CH-]N(c3[c-]c(COCc4[c-]c5c(cc4)c4ccccc4n5-c4cc(C(C)(C)C)ccn4)ccc3)c3ccccc32)OB(C(C)(C)C)O1.[Pt]. The molecule has 0 bridgehead atoms. The van der Waals surface area contributed by atoms with Gasteiger partial charge in [-0.1, -0.05) is 176 Å². The second-order valence-electron chi connectivity index (χ2n) is 25.8. The summed E-state index contributed by atoms with van der Waals surface area (Å²) in [6, 6.07) is 53.2. The van der Waals surface area contributed by atoms with Crippen molar-refractivity contribution < 1.29 is 39.5 Å². The maximum atomic E-state index is 6.95. The summed E-state index contributed by atoms with van der Waals surface area (Å²) in [6.45, 7) is 36.3. The van der Waals surface area contributed by atoms with Crippen molar-refractivity contribution in [3.63, 3.8) is 0 Å². The molecule has 0 aliphatic carbocycles. The van der Waals surface area contributed by atoms with Crippen LogP contribution in [0.2, 0.25) is 10.6 Å². The number of benzene rings is 6. The van der Waals surface area contributed by atoms with Gasteiger partial charge in [0.15, 0.2) is 0 Å². The Morgan fingerprint density at radius 2 is 1.14 bits per heavy atom. The molecule has 0 spiro atoms. The normalized spacial score (nSPS) is 14.8. The van der Waals surface area contributed by atoms with Crippen LogP contribution in [-0.2, 0) is 69.0 Å². The van der Waals surface area contributed by atoms with Crippen LogP contribution in [0.15, 0.2) is 134 Å². The molecule has 0 amide bonds. The molecule has 0 saturated carbocycles. The van der Waals surface area contributed by atoms with Gasteiger partial charge in [0.25, 0.3) is 0 Å². The molecule has 2 aromatic heterocycles. The molecule has 8 nitrogen and oxygen atoms in total. The predicted octanol–water partition coefficient (Wildman–Crippen LogP) is 15.8. The Kier molecular flexibility index (Phi) is 15.1. The number of hydrogen-bond acceptors (Lipinski definition) is 7. The quantitative estimate of drug-likeness (QED) is 0.105. The Morgan fingerprint density at radius 3 is 1.78 bits per heavy atom. The zero-order valence-electron chi connectivity index (χ0n) is 47.2. The fourth-order valence-corrected chi connectivity index (χ4v) is 10.0. The molecule has 12 heteroatoms. The number of para-hydroxylation sites is 4. The van der Waals surface area contributed by atoms with Crippen molar-refractivity contribution in [2.24, 2.45) is 0 Å². The van der Waals surface area contributed by atoms with Crippen molar-refractivity contribution in [2.75, 3.05) is 9.80 Å². The largest absolute Gasteiger partial charge is 0.493 e. The van der Waals surface area contributed by atoms with E-state index in [4.69, 9.17) is 23.4 Å². The fourth-order valence-electron chi connectivity index (χ4n) is 10.0. The van der Waals surface area contributed by atoms with Gasteiger partial charge in [-0.25, -0.2) is 4.98 Å². The van der Waals surface area contributed by atoms with Gasteiger partial charge >= 0.3 is 21.4 Å². The van der Waals surface area contributed by atoms with Gasteiger partial charge in [0.2, 0.25) is 0 Å². The van der Waals surface area contributed by atoms with E-state index >= 15 is 0 Å². The second-order valence-corrected chi connectivity index (χ2v) is 25.8. The second kappa shape index (κ2) is 20.8. The van der Waals surface area contributed by atoms with Crippen molar-refractivity contribution in [3.8, 4) is 16.9 Å². The molecule has 0 radical (unpaired) electrons. The van der Waals surface area contributed by atoms with Gasteiger partial charge in [0.05, 0.1) is 0 Å². The molecule has 2 aliphatic rings. The van der Waals surface area contributed by atoms with Crippen LogP contribution in [0.5, 0.6) is 0 Å². The van der Waals surface area contributed by atoms with E-state index in [2.05, 4.69) is 264 Å². The summed E-state index contributed by atoms with van der Waals surface area (Å²) in [5.74, 6) is 0.881. The molecule has 76 heavy (non-hydrogen) atoms. The predicted molar refractivity (Wildman–Crippen MR) is 314 cm³/mol. The molecule has 0 unspecified atom stereocenters. The number of nitrogens with zero attached hydrogens (tertiary/aromatic N) is 4. The Hall–Kier alpha value is -5.41. The average molecular weight is 1190 g/mol. The summed E-state index contributed by atoms with van der Waals surface area (Å²) >= 11 is 0. The van der Waals surface area contributed by atoms with Crippen LogP contribution in [0.1, 0.15) is 132 Å². The Balaban J connectivity index is 0.00000706. The zero-order chi connectivity index (χ0) is 53.4. The summed E-state index contributed by atoms with van der Waals surface area (Å²) in [5.41, 5.74) is 14.7. The number of ether oxygens (including phenoxy) is 1. The fraction of sp³-hybridized carbons (Fsp3) is 0.344. The minimum absolute atomic E-state index is 0. The van der Waals surface area contributed by atoms with Crippen LogP contribution in [-0.4, -0.2) is 30.9 Å². The van der Waals surface area contributed by atoms with Crippen molar-refractivity contribution in [2.45, 2.75) is 144 Å². The third kappa shape index (κ3) is 11.2. The first-order valence-electron chi connectivity index (χ1n) is 26.6. The van der Waals surface area contributed by atoms with Gasteiger partial charge in [-0.3, -0.25) is 0 Å². The van der Waals surface area contributed by atoms with Crippen molar-refractivity contribution in [1.29, 1.82) is 0 Å². The molecule has 0 atom stereocenters. The van der Waals surface area contributed by atoms with E-state index < -0.39 is 21.4 Å². The molecule has 6 aromatic carbocycles. The van der Waals surface area contributed by atoms with Crippen LogP contribution >= 0.6 is 0 Å².